The molecule has 112 valence electrons. The van der Waals surface area contributed by atoms with E-state index in [1.165, 1.54) is 0 Å². The second-order valence-corrected chi connectivity index (χ2v) is 5.05. The third-order valence-corrected chi connectivity index (χ3v) is 3.45. The van der Waals surface area contributed by atoms with Crippen molar-refractivity contribution in [2.24, 2.45) is 0 Å². The lowest BCUT2D eigenvalue weighted by Crippen LogP contribution is -2.47. The number of nitrogen functional groups attached to an aromatic ring is 1. The summed E-state index contributed by atoms with van der Waals surface area (Å²) in [6, 6.07) is 5.17. The first-order valence-electron chi connectivity index (χ1n) is 6.92. The number of carbonyl (C=O) groups is 1. The van der Waals surface area contributed by atoms with E-state index in [0.717, 1.165) is 0 Å². The Labute approximate surface area is 122 Å². The summed E-state index contributed by atoms with van der Waals surface area (Å²) in [6.07, 6.45) is 0. The Bertz CT molecular complexity index is 649. The zero-order valence-corrected chi connectivity index (χ0v) is 11.8. The van der Waals surface area contributed by atoms with Gasteiger partial charge in [-0.25, -0.2) is 0 Å². The highest BCUT2D eigenvalue weighted by atomic mass is 16.5. The van der Waals surface area contributed by atoms with Gasteiger partial charge in [-0.2, -0.15) is 4.98 Å². The third-order valence-electron chi connectivity index (χ3n) is 3.45. The zero-order chi connectivity index (χ0) is 14.8. The number of morpholine rings is 1. The van der Waals surface area contributed by atoms with Crippen LogP contribution in [0.15, 0.2) is 22.6 Å². The fourth-order valence-electron chi connectivity index (χ4n) is 2.31. The van der Waals surface area contributed by atoms with Crippen molar-refractivity contribution < 1.29 is 13.9 Å². The van der Waals surface area contributed by atoms with Crippen molar-refractivity contribution in [3.63, 3.8) is 0 Å². The van der Waals surface area contributed by atoms with Crippen molar-refractivity contribution in [3.8, 4) is 0 Å². The van der Waals surface area contributed by atoms with Gasteiger partial charge in [-0.05, 0) is 19.1 Å². The van der Waals surface area contributed by atoms with Gasteiger partial charge in [0, 0.05) is 24.8 Å². The molecule has 1 unspecified atom stereocenters. The third kappa shape index (κ3) is 2.92. The normalized spacial score (nSPS) is 16.9. The number of hydrogen-bond acceptors (Lipinski definition) is 6. The average Bonchev–Trinajstić information content (AvgIpc) is 2.88. The Balaban J connectivity index is 1.70. The van der Waals surface area contributed by atoms with Crippen LogP contribution in [-0.4, -0.2) is 48.1 Å². The van der Waals surface area contributed by atoms with Gasteiger partial charge in [0.15, 0.2) is 5.58 Å². The molecule has 0 spiro atoms. The molecular formula is C14H18N4O3. The van der Waals surface area contributed by atoms with Crippen LogP contribution >= 0.6 is 0 Å². The minimum atomic E-state index is -0.409. The van der Waals surface area contributed by atoms with E-state index in [4.69, 9.17) is 14.9 Å². The fourth-order valence-corrected chi connectivity index (χ4v) is 2.31. The number of oxazole rings is 1. The van der Waals surface area contributed by atoms with Crippen LogP contribution in [0.1, 0.15) is 6.92 Å². The number of nitrogens with zero attached hydrogens (tertiary/aromatic N) is 2. The second-order valence-electron chi connectivity index (χ2n) is 5.05. The SMILES string of the molecule is CC(Nc1nc2ccc(N)cc2o1)C(=O)N1CCOCC1. The standard InChI is InChI=1S/C14H18N4O3/c1-9(13(19)18-4-6-20-7-5-18)16-14-17-11-3-2-10(15)8-12(11)21-14/h2-3,8-9H,4-7,15H2,1H3,(H,16,17). The maximum atomic E-state index is 12.3. The molecule has 1 fully saturated rings. The van der Waals surface area contributed by atoms with Gasteiger partial charge >= 0.3 is 0 Å². The molecule has 1 aromatic carbocycles. The van der Waals surface area contributed by atoms with E-state index in [9.17, 15) is 4.79 Å². The molecule has 0 saturated carbocycles. The molecular weight excluding hydrogens is 272 g/mol. The van der Waals surface area contributed by atoms with Crippen LogP contribution < -0.4 is 11.1 Å². The van der Waals surface area contributed by atoms with E-state index in [0.29, 0.717) is 49.1 Å². The Morgan fingerprint density at radius 3 is 2.95 bits per heavy atom. The number of rotatable bonds is 3. The van der Waals surface area contributed by atoms with E-state index < -0.39 is 6.04 Å². The fraction of sp³-hybridized carbons (Fsp3) is 0.429. The number of nitrogens with one attached hydrogen (secondary N) is 1. The van der Waals surface area contributed by atoms with Gasteiger partial charge < -0.3 is 25.1 Å². The van der Waals surface area contributed by atoms with Crippen molar-refractivity contribution in [3.05, 3.63) is 18.2 Å². The van der Waals surface area contributed by atoms with Crippen LogP contribution in [0.3, 0.4) is 0 Å². The maximum Gasteiger partial charge on any atom is 0.296 e. The van der Waals surface area contributed by atoms with E-state index in [1.807, 2.05) is 0 Å². The molecule has 21 heavy (non-hydrogen) atoms. The van der Waals surface area contributed by atoms with Gasteiger partial charge in [0.05, 0.1) is 13.2 Å². The van der Waals surface area contributed by atoms with Crippen molar-refractivity contribution >= 4 is 28.7 Å². The predicted molar refractivity (Wildman–Crippen MR) is 78.9 cm³/mol. The Morgan fingerprint density at radius 1 is 1.43 bits per heavy atom. The Hall–Kier alpha value is -2.28. The molecule has 7 nitrogen and oxygen atoms in total. The smallest absolute Gasteiger partial charge is 0.296 e. The van der Waals surface area contributed by atoms with Crippen LogP contribution in [0, 0.1) is 0 Å². The molecule has 2 aromatic rings. The summed E-state index contributed by atoms with van der Waals surface area (Å²) in [4.78, 5) is 18.4. The molecule has 0 aliphatic carbocycles. The molecule has 1 aliphatic rings. The summed E-state index contributed by atoms with van der Waals surface area (Å²) in [5.41, 5.74) is 7.62. The first-order chi connectivity index (χ1) is 10.1. The van der Waals surface area contributed by atoms with Crippen LogP contribution in [0.5, 0.6) is 0 Å². The van der Waals surface area contributed by atoms with E-state index in [2.05, 4.69) is 10.3 Å². The summed E-state index contributed by atoms with van der Waals surface area (Å²) >= 11 is 0. The van der Waals surface area contributed by atoms with Crippen LogP contribution in [0.25, 0.3) is 11.1 Å². The van der Waals surface area contributed by atoms with Crippen LogP contribution in [0.4, 0.5) is 11.7 Å². The quantitative estimate of drug-likeness (QED) is 0.821. The number of hydrogen-bond donors (Lipinski definition) is 2. The summed E-state index contributed by atoms with van der Waals surface area (Å²) in [6.45, 7) is 4.20. The highest BCUT2D eigenvalue weighted by Gasteiger charge is 2.23. The highest BCUT2D eigenvalue weighted by molar-refractivity contribution is 5.84. The first kappa shape index (κ1) is 13.7. The molecule has 3 rings (SSSR count). The first-order valence-corrected chi connectivity index (χ1v) is 6.92. The van der Waals surface area contributed by atoms with Crippen molar-refractivity contribution in [1.82, 2.24) is 9.88 Å². The molecule has 2 heterocycles. The number of aromatic nitrogens is 1. The molecule has 0 radical (unpaired) electrons. The summed E-state index contributed by atoms with van der Waals surface area (Å²) in [5, 5.41) is 3.00. The van der Waals surface area contributed by atoms with Crippen molar-refractivity contribution in [2.45, 2.75) is 13.0 Å². The topological polar surface area (TPSA) is 93.6 Å². The minimum Gasteiger partial charge on any atom is -0.423 e. The molecule has 1 amide bonds. The molecule has 1 saturated heterocycles. The Kier molecular flexibility index (Phi) is 3.66. The van der Waals surface area contributed by atoms with Crippen LogP contribution in [0.2, 0.25) is 0 Å². The lowest BCUT2D eigenvalue weighted by Gasteiger charge is -2.29. The summed E-state index contributed by atoms with van der Waals surface area (Å²) in [7, 11) is 0. The largest absolute Gasteiger partial charge is 0.423 e. The monoisotopic (exact) mass is 290 g/mol. The van der Waals surface area contributed by atoms with Gasteiger partial charge in [0.2, 0.25) is 5.91 Å². The predicted octanol–water partition coefficient (Wildman–Crippen LogP) is 1.07. The molecule has 3 N–H and O–H groups in total. The van der Waals surface area contributed by atoms with E-state index in [1.54, 1.807) is 30.0 Å². The molecule has 1 atom stereocenters. The highest BCUT2D eigenvalue weighted by Crippen LogP contribution is 2.21. The maximum absolute atomic E-state index is 12.3. The summed E-state index contributed by atoms with van der Waals surface area (Å²) < 4.78 is 10.8. The number of ether oxygens (including phenoxy) is 1. The Morgan fingerprint density at radius 2 is 2.19 bits per heavy atom. The van der Waals surface area contributed by atoms with Gasteiger partial charge in [0.1, 0.15) is 11.6 Å². The molecule has 1 aliphatic heterocycles. The van der Waals surface area contributed by atoms with E-state index in [-0.39, 0.29) is 5.91 Å². The van der Waals surface area contributed by atoms with Gasteiger partial charge in [-0.1, -0.05) is 0 Å². The molecule has 7 heteroatoms. The zero-order valence-electron chi connectivity index (χ0n) is 11.8. The molecule has 1 aromatic heterocycles. The van der Waals surface area contributed by atoms with Gasteiger partial charge in [-0.3, -0.25) is 4.79 Å². The number of amides is 1. The summed E-state index contributed by atoms with van der Waals surface area (Å²) in [5.74, 6) is 0.0140. The lowest BCUT2D eigenvalue weighted by molar-refractivity contribution is -0.135. The second kappa shape index (κ2) is 5.61. The number of nitrogens with two attached hydrogens (primary N) is 1. The van der Waals surface area contributed by atoms with Crippen molar-refractivity contribution in [2.75, 3.05) is 37.4 Å². The number of benzene rings is 1. The number of carbonyl (C=O) groups excluding carboxylic acids is 1. The minimum absolute atomic E-state index is 0.0140. The van der Waals surface area contributed by atoms with Gasteiger partial charge in [-0.15, -0.1) is 0 Å². The van der Waals surface area contributed by atoms with Crippen molar-refractivity contribution in [1.29, 1.82) is 0 Å². The van der Waals surface area contributed by atoms with Gasteiger partial charge in [0.25, 0.3) is 6.01 Å². The number of fused-ring (bicyclic) bond motifs is 1. The van der Waals surface area contributed by atoms with Crippen LogP contribution in [-0.2, 0) is 9.53 Å². The molecule has 0 bridgehead atoms. The number of anilines is 2. The lowest BCUT2D eigenvalue weighted by atomic mass is 10.2. The van der Waals surface area contributed by atoms with E-state index >= 15 is 0 Å². The average molecular weight is 290 g/mol.